The molecule has 1 amide bonds. The molecule has 20 heavy (non-hydrogen) atoms. The summed E-state index contributed by atoms with van der Waals surface area (Å²) >= 11 is 5.91. The third-order valence-corrected chi connectivity index (χ3v) is 3.06. The number of amides is 1. The van der Waals surface area contributed by atoms with Crippen LogP contribution in [0.5, 0.6) is 0 Å². The van der Waals surface area contributed by atoms with E-state index >= 15 is 0 Å². The van der Waals surface area contributed by atoms with Crippen molar-refractivity contribution in [3.63, 3.8) is 0 Å². The monoisotopic (exact) mass is 290 g/mol. The zero-order chi connectivity index (χ0) is 14.7. The molecular weight excluding hydrogens is 280 g/mol. The number of halogens is 1. The van der Waals surface area contributed by atoms with E-state index in [9.17, 15) is 9.59 Å². The van der Waals surface area contributed by atoms with Crippen molar-refractivity contribution < 1.29 is 14.7 Å². The van der Waals surface area contributed by atoms with Gasteiger partial charge >= 0.3 is 5.97 Å². The van der Waals surface area contributed by atoms with Gasteiger partial charge < -0.3 is 10.4 Å². The number of nitrogens with one attached hydrogen (secondary N) is 1. The van der Waals surface area contributed by atoms with Crippen LogP contribution in [0.15, 0.2) is 36.7 Å². The lowest BCUT2D eigenvalue weighted by Crippen LogP contribution is -2.14. The van der Waals surface area contributed by atoms with E-state index in [1.54, 1.807) is 13.0 Å². The fraction of sp³-hybridized carbons (Fsp3) is 0.0714. The summed E-state index contributed by atoms with van der Waals surface area (Å²) in [5.41, 5.74) is 1.61. The summed E-state index contributed by atoms with van der Waals surface area (Å²) in [6, 6.07) is 5.98. The second-order valence-corrected chi connectivity index (χ2v) is 4.55. The molecule has 0 aliphatic heterocycles. The van der Waals surface area contributed by atoms with Crippen molar-refractivity contribution in [2.24, 2.45) is 0 Å². The molecule has 1 aromatic carbocycles. The Bertz CT molecular complexity index is 686. The summed E-state index contributed by atoms with van der Waals surface area (Å²) in [6.45, 7) is 1.72. The molecule has 0 atom stereocenters. The Kier molecular flexibility index (Phi) is 4.00. The summed E-state index contributed by atoms with van der Waals surface area (Å²) < 4.78 is 0. The summed E-state index contributed by atoms with van der Waals surface area (Å²) in [6.07, 6.45) is 2.87. The Labute approximate surface area is 120 Å². The Balaban J connectivity index is 2.25. The second-order valence-electron chi connectivity index (χ2n) is 4.14. The molecule has 0 saturated heterocycles. The Morgan fingerprint density at radius 1 is 1.30 bits per heavy atom. The van der Waals surface area contributed by atoms with E-state index in [1.807, 2.05) is 0 Å². The van der Waals surface area contributed by atoms with Crippen LogP contribution in [-0.2, 0) is 0 Å². The number of hydrogen-bond donors (Lipinski definition) is 2. The zero-order valence-electron chi connectivity index (χ0n) is 10.6. The number of aryl methyl sites for hydroxylation is 1. The lowest BCUT2D eigenvalue weighted by atomic mass is 10.1. The molecular formula is C14H11ClN2O3. The third-order valence-electron chi connectivity index (χ3n) is 2.73. The predicted octanol–water partition coefficient (Wildman–Crippen LogP) is 2.99. The molecule has 0 aliphatic carbocycles. The van der Waals surface area contributed by atoms with Gasteiger partial charge in [0.2, 0.25) is 0 Å². The van der Waals surface area contributed by atoms with Gasteiger partial charge in [-0.2, -0.15) is 0 Å². The first-order chi connectivity index (χ1) is 9.49. The molecule has 6 heteroatoms. The Morgan fingerprint density at radius 3 is 2.65 bits per heavy atom. The highest BCUT2D eigenvalue weighted by atomic mass is 35.5. The average molecular weight is 291 g/mol. The maximum absolute atomic E-state index is 12.1. The van der Waals surface area contributed by atoms with Crippen molar-refractivity contribution in [3.05, 3.63) is 58.4 Å². The number of hydrogen-bond acceptors (Lipinski definition) is 3. The van der Waals surface area contributed by atoms with Gasteiger partial charge in [0.25, 0.3) is 5.91 Å². The largest absolute Gasteiger partial charge is 0.478 e. The number of benzene rings is 1. The molecule has 0 radical (unpaired) electrons. The molecule has 5 nitrogen and oxygen atoms in total. The van der Waals surface area contributed by atoms with Crippen LogP contribution in [0.2, 0.25) is 5.02 Å². The SMILES string of the molecule is Cc1cc(C(=O)O)ccc1NC(=O)c1cnccc1Cl. The zero-order valence-corrected chi connectivity index (χ0v) is 11.3. The van der Waals surface area contributed by atoms with Crippen LogP contribution in [0, 0.1) is 6.92 Å². The fourth-order valence-corrected chi connectivity index (χ4v) is 1.86. The number of aromatic nitrogens is 1. The smallest absolute Gasteiger partial charge is 0.335 e. The molecule has 0 bridgehead atoms. The van der Waals surface area contributed by atoms with Crippen LogP contribution in [0.4, 0.5) is 5.69 Å². The standard InChI is InChI=1S/C14H11ClN2O3/c1-8-6-9(14(19)20)2-3-12(8)17-13(18)10-7-16-5-4-11(10)15/h2-7H,1H3,(H,17,18)(H,19,20). The molecule has 2 N–H and O–H groups in total. The van der Waals surface area contributed by atoms with Crippen molar-refractivity contribution in [2.75, 3.05) is 5.32 Å². The molecule has 102 valence electrons. The molecule has 2 rings (SSSR count). The van der Waals surface area contributed by atoms with E-state index in [2.05, 4.69) is 10.3 Å². The van der Waals surface area contributed by atoms with Gasteiger partial charge in [-0.1, -0.05) is 11.6 Å². The van der Waals surface area contributed by atoms with Gasteiger partial charge in [-0.05, 0) is 36.8 Å². The molecule has 0 saturated carbocycles. The van der Waals surface area contributed by atoms with Crippen LogP contribution >= 0.6 is 11.6 Å². The van der Waals surface area contributed by atoms with E-state index in [0.717, 1.165) is 0 Å². The normalized spacial score (nSPS) is 10.1. The maximum Gasteiger partial charge on any atom is 0.335 e. The van der Waals surface area contributed by atoms with E-state index in [-0.39, 0.29) is 11.1 Å². The highest BCUT2D eigenvalue weighted by Gasteiger charge is 2.12. The number of carbonyl (C=O) groups is 2. The number of carbonyl (C=O) groups excluding carboxylic acids is 1. The van der Waals surface area contributed by atoms with Crippen LogP contribution < -0.4 is 5.32 Å². The molecule has 0 aliphatic rings. The molecule has 0 spiro atoms. The van der Waals surface area contributed by atoms with E-state index < -0.39 is 11.9 Å². The van der Waals surface area contributed by atoms with Gasteiger partial charge in [-0.15, -0.1) is 0 Å². The first kappa shape index (κ1) is 14.0. The molecule has 1 heterocycles. The van der Waals surface area contributed by atoms with Crippen molar-refractivity contribution in [2.45, 2.75) is 6.92 Å². The quantitative estimate of drug-likeness (QED) is 0.911. The van der Waals surface area contributed by atoms with Crippen molar-refractivity contribution >= 4 is 29.2 Å². The second kappa shape index (κ2) is 5.71. The summed E-state index contributed by atoms with van der Waals surface area (Å²) in [5.74, 6) is -1.41. The highest BCUT2D eigenvalue weighted by molar-refractivity contribution is 6.34. The number of rotatable bonds is 3. The average Bonchev–Trinajstić information content (AvgIpc) is 2.41. The molecule has 0 fully saturated rings. The van der Waals surface area contributed by atoms with Crippen LogP contribution in [0.25, 0.3) is 0 Å². The lowest BCUT2D eigenvalue weighted by Gasteiger charge is -2.09. The van der Waals surface area contributed by atoms with E-state index in [1.165, 1.54) is 30.6 Å². The predicted molar refractivity (Wildman–Crippen MR) is 75.3 cm³/mol. The van der Waals surface area contributed by atoms with Crippen LogP contribution in [-0.4, -0.2) is 22.0 Å². The molecule has 1 aromatic heterocycles. The summed E-state index contributed by atoms with van der Waals surface area (Å²) in [7, 11) is 0. The minimum Gasteiger partial charge on any atom is -0.478 e. The number of pyridine rings is 1. The van der Waals surface area contributed by atoms with Gasteiger partial charge in [-0.3, -0.25) is 9.78 Å². The molecule has 0 unspecified atom stereocenters. The Morgan fingerprint density at radius 2 is 2.05 bits per heavy atom. The minimum absolute atomic E-state index is 0.167. The van der Waals surface area contributed by atoms with Gasteiger partial charge in [0.05, 0.1) is 16.1 Å². The van der Waals surface area contributed by atoms with Crippen molar-refractivity contribution in [1.82, 2.24) is 4.98 Å². The van der Waals surface area contributed by atoms with E-state index in [4.69, 9.17) is 16.7 Å². The van der Waals surface area contributed by atoms with Crippen LogP contribution in [0.3, 0.4) is 0 Å². The Hall–Kier alpha value is -2.40. The summed E-state index contributed by atoms with van der Waals surface area (Å²) in [5, 5.41) is 11.9. The molecule has 2 aromatic rings. The number of carboxylic acid groups (broad SMARTS) is 1. The van der Waals surface area contributed by atoms with Gasteiger partial charge in [0.15, 0.2) is 0 Å². The van der Waals surface area contributed by atoms with Crippen molar-refractivity contribution in [3.8, 4) is 0 Å². The highest BCUT2D eigenvalue weighted by Crippen LogP contribution is 2.20. The van der Waals surface area contributed by atoms with E-state index in [0.29, 0.717) is 16.3 Å². The lowest BCUT2D eigenvalue weighted by molar-refractivity contribution is 0.0696. The van der Waals surface area contributed by atoms with Gasteiger partial charge in [0, 0.05) is 18.1 Å². The van der Waals surface area contributed by atoms with Crippen molar-refractivity contribution in [1.29, 1.82) is 0 Å². The third kappa shape index (κ3) is 2.95. The first-order valence-electron chi connectivity index (χ1n) is 5.74. The number of aromatic carboxylic acids is 1. The topological polar surface area (TPSA) is 79.3 Å². The number of nitrogens with zero attached hydrogens (tertiary/aromatic N) is 1. The first-order valence-corrected chi connectivity index (χ1v) is 6.11. The maximum atomic E-state index is 12.1. The fourth-order valence-electron chi connectivity index (χ4n) is 1.67. The van der Waals surface area contributed by atoms with Gasteiger partial charge in [0.1, 0.15) is 0 Å². The van der Waals surface area contributed by atoms with Crippen LogP contribution in [0.1, 0.15) is 26.3 Å². The number of carboxylic acids is 1. The van der Waals surface area contributed by atoms with Gasteiger partial charge in [-0.25, -0.2) is 4.79 Å². The minimum atomic E-state index is -1.01. The summed E-state index contributed by atoms with van der Waals surface area (Å²) in [4.78, 5) is 26.7. The number of anilines is 1.